The van der Waals surface area contributed by atoms with Crippen molar-refractivity contribution < 1.29 is 18.0 Å². The highest BCUT2D eigenvalue weighted by Gasteiger charge is 2.32. The summed E-state index contributed by atoms with van der Waals surface area (Å²) in [5.74, 6) is -0.543. The number of amides is 1. The topological polar surface area (TPSA) is 46.4 Å². The van der Waals surface area contributed by atoms with Crippen LogP contribution in [-0.4, -0.2) is 15.3 Å². The van der Waals surface area contributed by atoms with E-state index in [4.69, 9.17) is 11.6 Å². The van der Waals surface area contributed by atoms with Crippen LogP contribution < -0.4 is 5.32 Å². The number of carbonyl (C=O) groups excluding carboxylic acids is 1. The van der Waals surface area contributed by atoms with E-state index in [0.717, 1.165) is 12.3 Å². The van der Waals surface area contributed by atoms with Crippen LogP contribution in [0.2, 0.25) is 5.02 Å². The van der Waals surface area contributed by atoms with Gasteiger partial charge in [-0.3, -0.25) is 9.20 Å². The normalized spacial score (nSPS) is 11.8. The Morgan fingerprint density at radius 3 is 2.65 bits per heavy atom. The second kappa shape index (κ2) is 6.64. The molecule has 1 aromatic carbocycles. The maximum Gasteiger partial charge on any atom is 0.417 e. The third kappa shape index (κ3) is 3.26. The number of pyridine rings is 1. The van der Waals surface area contributed by atoms with Crippen LogP contribution in [0.1, 0.15) is 34.2 Å². The molecule has 26 heavy (non-hydrogen) atoms. The fourth-order valence-corrected chi connectivity index (χ4v) is 2.85. The number of rotatable bonds is 3. The predicted octanol–water partition coefficient (Wildman–Crippen LogP) is 5.13. The van der Waals surface area contributed by atoms with E-state index >= 15 is 0 Å². The lowest BCUT2D eigenvalue weighted by Crippen LogP contribution is -2.17. The van der Waals surface area contributed by atoms with Gasteiger partial charge in [0.05, 0.1) is 11.3 Å². The van der Waals surface area contributed by atoms with Crippen LogP contribution in [0, 0.1) is 6.92 Å². The molecule has 0 radical (unpaired) electrons. The van der Waals surface area contributed by atoms with Gasteiger partial charge in [0, 0.05) is 16.9 Å². The van der Waals surface area contributed by atoms with E-state index in [9.17, 15) is 18.0 Å². The Morgan fingerprint density at radius 2 is 2.00 bits per heavy atom. The first kappa shape index (κ1) is 18.3. The van der Waals surface area contributed by atoms with E-state index in [1.807, 2.05) is 0 Å². The van der Waals surface area contributed by atoms with Crippen LogP contribution in [0.25, 0.3) is 5.65 Å². The van der Waals surface area contributed by atoms with E-state index in [1.165, 1.54) is 10.5 Å². The van der Waals surface area contributed by atoms with Crippen LogP contribution in [0.4, 0.5) is 18.9 Å². The summed E-state index contributed by atoms with van der Waals surface area (Å²) in [4.78, 5) is 17.1. The summed E-state index contributed by atoms with van der Waals surface area (Å²) in [7, 11) is 0. The molecule has 0 spiro atoms. The summed E-state index contributed by atoms with van der Waals surface area (Å²) in [6, 6.07) is 7.25. The molecule has 136 valence electrons. The number of fused-ring (bicyclic) bond motifs is 1. The molecule has 0 saturated heterocycles. The van der Waals surface area contributed by atoms with Gasteiger partial charge in [-0.25, -0.2) is 4.98 Å². The summed E-state index contributed by atoms with van der Waals surface area (Å²) in [5.41, 5.74) is 1.09. The van der Waals surface area contributed by atoms with Crippen molar-refractivity contribution in [3.05, 3.63) is 64.1 Å². The van der Waals surface area contributed by atoms with E-state index in [2.05, 4.69) is 10.3 Å². The summed E-state index contributed by atoms with van der Waals surface area (Å²) in [6.45, 7) is 3.53. The van der Waals surface area contributed by atoms with E-state index < -0.39 is 17.6 Å². The highest BCUT2D eigenvalue weighted by molar-refractivity contribution is 6.31. The third-order valence-electron chi connectivity index (χ3n) is 4.08. The van der Waals surface area contributed by atoms with Gasteiger partial charge in [0.2, 0.25) is 0 Å². The number of aryl methyl sites for hydroxylation is 1. The van der Waals surface area contributed by atoms with Crippen molar-refractivity contribution in [2.45, 2.75) is 26.4 Å². The number of halogens is 4. The molecule has 1 N–H and O–H groups in total. The second-order valence-electron chi connectivity index (χ2n) is 5.77. The highest BCUT2D eigenvalue weighted by atomic mass is 35.5. The summed E-state index contributed by atoms with van der Waals surface area (Å²) in [6.07, 6.45) is -3.22. The molecule has 0 aliphatic rings. The lowest BCUT2D eigenvalue weighted by atomic mass is 10.2. The van der Waals surface area contributed by atoms with Gasteiger partial charge in [-0.15, -0.1) is 0 Å². The van der Waals surface area contributed by atoms with Crippen molar-refractivity contribution in [2.24, 2.45) is 0 Å². The Kier molecular flexibility index (Phi) is 4.66. The largest absolute Gasteiger partial charge is 0.417 e. The number of alkyl halides is 3. The average Bonchev–Trinajstić information content (AvgIpc) is 2.96. The van der Waals surface area contributed by atoms with E-state index in [1.54, 1.807) is 32.0 Å². The summed E-state index contributed by atoms with van der Waals surface area (Å²) in [5, 5.41) is 3.20. The first-order valence-electron chi connectivity index (χ1n) is 7.87. The highest BCUT2D eigenvalue weighted by Crippen LogP contribution is 2.30. The number of carbonyl (C=O) groups is 1. The van der Waals surface area contributed by atoms with Gasteiger partial charge in [0.15, 0.2) is 0 Å². The zero-order valence-electron chi connectivity index (χ0n) is 14.0. The number of aromatic nitrogens is 2. The SMILES string of the molecule is CCc1nc2ccc(C(F)(F)F)cn2c1C(=O)Nc1cccc(Cl)c1C. The Bertz CT molecular complexity index is 995. The molecule has 0 unspecified atom stereocenters. The van der Waals surface area contributed by atoms with E-state index in [-0.39, 0.29) is 11.3 Å². The molecule has 2 heterocycles. The monoisotopic (exact) mass is 381 g/mol. The van der Waals surface area contributed by atoms with Gasteiger partial charge < -0.3 is 5.32 Å². The van der Waals surface area contributed by atoms with Crippen molar-refractivity contribution in [3.8, 4) is 0 Å². The Labute approximate surface area is 152 Å². The van der Waals surface area contributed by atoms with Crippen LogP contribution in [-0.2, 0) is 12.6 Å². The minimum absolute atomic E-state index is 0.0768. The minimum Gasteiger partial charge on any atom is -0.320 e. The number of imidazole rings is 1. The number of anilines is 1. The van der Waals surface area contributed by atoms with Crippen molar-refractivity contribution in [2.75, 3.05) is 5.32 Å². The van der Waals surface area contributed by atoms with E-state index in [0.29, 0.717) is 28.4 Å². The summed E-state index contributed by atoms with van der Waals surface area (Å²) < 4.78 is 40.3. The smallest absolute Gasteiger partial charge is 0.320 e. The second-order valence-corrected chi connectivity index (χ2v) is 6.18. The molecule has 0 bridgehead atoms. The molecular weight excluding hydrogens is 367 g/mol. The Balaban J connectivity index is 2.10. The predicted molar refractivity (Wildman–Crippen MR) is 93.7 cm³/mol. The first-order chi connectivity index (χ1) is 12.2. The molecular formula is C18H15ClF3N3O. The molecule has 0 saturated carbocycles. The molecule has 2 aromatic heterocycles. The van der Waals surface area contributed by atoms with Gasteiger partial charge >= 0.3 is 6.18 Å². The van der Waals surface area contributed by atoms with Gasteiger partial charge in [-0.2, -0.15) is 13.2 Å². The van der Waals surface area contributed by atoms with Gasteiger partial charge in [-0.1, -0.05) is 24.6 Å². The van der Waals surface area contributed by atoms with Crippen molar-refractivity contribution in [1.82, 2.24) is 9.38 Å². The Hall–Kier alpha value is -2.54. The standard InChI is InChI=1S/C18H15ClF3N3O/c1-3-13-16(17(26)24-14-6-4-5-12(19)10(14)2)25-9-11(18(20,21)22)7-8-15(25)23-13/h4-9H,3H2,1-2H3,(H,24,26). The average molecular weight is 382 g/mol. The van der Waals surface area contributed by atoms with Crippen molar-refractivity contribution in [3.63, 3.8) is 0 Å². The molecule has 8 heteroatoms. The molecule has 0 fully saturated rings. The number of hydrogen-bond acceptors (Lipinski definition) is 2. The van der Waals surface area contributed by atoms with Gasteiger partial charge in [0.1, 0.15) is 11.3 Å². The maximum absolute atomic E-state index is 13.0. The zero-order chi connectivity index (χ0) is 19.1. The molecule has 0 aliphatic heterocycles. The lowest BCUT2D eigenvalue weighted by molar-refractivity contribution is -0.137. The maximum atomic E-state index is 13.0. The van der Waals surface area contributed by atoms with Crippen LogP contribution in [0.3, 0.4) is 0 Å². The third-order valence-corrected chi connectivity index (χ3v) is 4.49. The molecule has 4 nitrogen and oxygen atoms in total. The fourth-order valence-electron chi connectivity index (χ4n) is 2.67. The van der Waals surface area contributed by atoms with Gasteiger partial charge in [-0.05, 0) is 43.2 Å². The summed E-state index contributed by atoms with van der Waals surface area (Å²) >= 11 is 6.05. The number of nitrogens with one attached hydrogen (secondary N) is 1. The number of hydrogen-bond donors (Lipinski definition) is 1. The molecule has 3 rings (SSSR count). The van der Waals surface area contributed by atoms with Crippen molar-refractivity contribution >= 4 is 28.8 Å². The zero-order valence-corrected chi connectivity index (χ0v) is 14.7. The molecule has 0 atom stereocenters. The van der Waals surface area contributed by atoms with Crippen LogP contribution in [0.15, 0.2) is 36.5 Å². The first-order valence-corrected chi connectivity index (χ1v) is 8.24. The molecule has 1 amide bonds. The number of nitrogens with zero attached hydrogens (tertiary/aromatic N) is 2. The minimum atomic E-state index is -4.51. The molecule has 0 aliphatic carbocycles. The van der Waals surface area contributed by atoms with Crippen LogP contribution >= 0.6 is 11.6 Å². The lowest BCUT2D eigenvalue weighted by Gasteiger charge is -2.11. The Morgan fingerprint density at radius 1 is 1.27 bits per heavy atom. The van der Waals surface area contributed by atoms with Gasteiger partial charge in [0.25, 0.3) is 5.91 Å². The van der Waals surface area contributed by atoms with Crippen LogP contribution in [0.5, 0.6) is 0 Å². The quantitative estimate of drug-likeness (QED) is 0.683. The van der Waals surface area contributed by atoms with Crippen molar-refractivity contribution in [1.29, 1.82) is 0 Å². The number of benzene rings is 1. The fraction of sp³-hybridized carbons (Fsp3) is 0.222. The molecule has 3 aromatic rings.